The van der Waals surface area contributed by atoms with E-state index in [0.717, 1.165) is 12.4 Å². The number of carbonyl (C=O) groups excluding carboxylic acids is 3. The van der Waals surface area contributed by atoms with Gasteiger partial charge < -0.3 is 15.3 Å². The van der Waals surface area contributed by atoms with Gasteiger partial charge in [-0.15, -0.1) is 0 Å². The van der Waals surface area contributed by atoms with Gasteiger partial charge in [-0.25, -0.2) is 4.79 Å². The van der Waals surface area contributed by atoms with Crippen LogP contribution in [0.1, 0.15) is 26.3 Å². The number of aromatic nitrogens is 1. The molecule has 0 aliphatic carbocycles. The predicted molar refractivity (Wildman–Crippen MR) is 101 cm³/mol. The Bertz CT molecular complexity index is 1000. The monoisotopic (exact) mass is 376 g/mol. The molecule has 7 nitrogen and oxygen atoms in total. The van der Waals surface area contributed by atoms with E-state index < -0.39 is 18.5 Å². The molecular formula is C21H16N2O5. The maximum atomic E-state index is 12.7. The smallest absolute Gasteiger partial charge is 0.339 e. The highest BCUT2D eigenvalue weighted by atomic mass is 16.5. The maximum Gasteiger partial charge on any atom is 0.339 e. The Morgan fingerprint density at radius 2 is 1.50 bits per heavy atom. The SMILES string of the molecule is O=C(COC(=O)c1cc[n+]([O-])cc1)Nc1ccccc1C(=O)c1ccccc1. The molecule has 0 radical (unpaired) electrons. The molecule has 2 aromatic carbocycles. The topological polar surface area (TPSA) is 99.4 Å². The molecule has 7 heteroatoms. The molecule has 0 aliphatic heterocycles. The first-order valence-electron chi connectivity index (χ1n) is 8.39. The molecule has 1 N–H and O–H groups in total. The van der Waals surface area contributed by atoms with E-state index in [2.05, 4.69) is 5.32 Å². The number of rotatable bonds is 6. The van der Waals surface area contributed by atoms with Crippen LogP contribution in [0.5, 0.6) is 0 Å². The van der Waals surface area contributed by atoms with Gasteiger partial charge in [0, 0.05) is 23.3 Å². The Morgan fingerprint density at radius 1 is 0.857 bits per heavy atom. The molecular weight excluding hydrogens is 360 g/mol. The van der Waals surface area contributed by atoms with Crippen LogP contribution < -0.4 is 10.0 Å². The Kier molecular flexibility index (Phi) is 5.76. The van der Waals surface area contributed by atoms with Gasteiger partial charge in [0.1, 0.15) is 0 Å². The van der Waals surface area contributed by atoms with Crippen LogP contribution in [0.15, 0.2) is 79.1 Å². The molecule has 0 saturated carbocycles. The lowest BCUT2D eigenvalue weighted by Crippen LogP contribution is -2.25. The number of pyridine rings is 1. The summed E-state index contributed by atoms with van der Waals surface area (Å²) in [5.74, 6) is -1.55. The number of carbonyl (C=O) groups is 3. The summed E-state index contributed by atoms with van der Waals surface area (Å²) in [5, 5.41) is 13.6. The number of nitrogens with zero attached hydrogens (tertiary/aromatic N) is 1. The number of hydrogen-bond acceptors (Lipinski definition) is 5. The molecule has 1 heterocycles. The van der Waals surface area contributed by atoms with Crippen molar-refractivity contribution in [3.05, 3.63) is 101 Å². The number of amides is 1. The summed E-state index contributed by atoms with van der Waals surface area (Å²) in [7, 11) is 0. The molecule has 0 aliphatic rings. The number of ether oxygens (including phenoxy) is 1. The van der Waals surface area contributed by atoms with Gasteiger partial charge in [0.2, 0.25) is 0 Å². The molecule has 0 atom stereocenters. The van der Waals surface area contributed by atoms with Crippen molar-refractivity contribution in [3.8, 4) is 0 Å². The zero-order chi connectivity index (χ0) is 19.9. The molecule has 3 rings (SSSR count). The van der Waals surface area contributed by atoms with E-state index in [1.807, 2.05) is 6.07 Å². The molecule has 0 saturated heterocycles. The van der Waals surface area contributed by atoms with Gasteiger partial charge in [-0.2, -0.15) is 4.73 Å². The first kappa shape index (κ1) is 18.8. The van der Waals surface area contributed by atoms with Crippen LogP contribution in [-0.4, -0.2) is 24.3 Å². The largest absolute Gasteiger partial charge is 0.619 e. The minimum atomic E-state index is -0.732. The fourth-order valence-electron chi connectivity index (χ4n) is 2.48. The molecule has 1 aromatic heterocycles. The van der Waals surface area contributed by atoms with E-state index >= 15 is 0 Å². The number of benzene rings is 2. The fourth-order valence-corrected chi connectivity index (χ4v) is 2.48. The zero-order valence-electron chi connectivity index (χ0n) is 14.7. The van der Waals surface area contributed by atoms with Crippen LogP contribution in [0.2, 0.25) is 0 Å². The Balaban J connectivity index is 1.65. The van der Waals surface area contributed by atoms with Gasteiger partial charge in [-0.05, 0) is 12.1 Å². The number of anilines is 1. The highest BCUT2D eigenvalue weighted by Crippen LogP contribution is 2.19. The second-order valence-corrected chi connectivity index (χ2v) is 5.81. The predicted octanol–water partition coefficient (Wildman–Crippen LogP) is 2.35. The van der Waals surface area contributed by atoms with E-state index in [9.17, 15) is 19.6 Å². The van der Waals surface area contributed by atoms with Crippen molar-refractivity contribution in [3.63, 3.8) is 0 Å². The second-order valence-electron chi connectivity index (χ2n) is 5.81. The van der Waals surface area contributed by atoms with Crippen molar-refractivity contribution in [1.29, 1.82) is 0 Å². The fraction of sp³-hybridized carbons (Fsp3) is 0.0476. The van der Waals surface area contributed by atoms with Crippen LogP contribution in [0.25, 0.3) is 0 Å². The van der Waals surface area contributed by atoms with E-state index in [0.29, 0.717) is 21.5 Å². The lowest BCUT2D eigenvalue weighted by Gasteiger charge is -2.11. The van der Waals surface area contributed by atoms with E-state index in [-0.39, 0.29) is 11.3 Å². The van der Waals surface area contributed by atoms with Crippen LogP contribution in [0, 0.1) is 5.21 Å². The van der Waals surface area contributed by atoms with Crippen LogP contribution in [-0.2, 0) is 9.53 Å². The van der Waals surface area contributed by atoms with Crippen LogP contribution in [0.3, 0.4) is 0 Å². The van der Waals surface area contributed by atoms with Crippen molar-refractivity contribution in [2.45, 2.75) is 0 Å². The van der Waals surface area contributed by atoms with Crippen molar-refractivity contribution in [2.75, 3.05) is 11.9 Å². The summed E-state index contributed by atoms with van der Waals surface area (Å²) in [6.07, 6.45) is 2.31. The molecule has 140 valence electrons. The number of esters is 1. The highest BCUT2D eigenvalue weighted by molar-refractivity contribution is 6.13. The molecule has 0 bridgehead atoms. The van der Waals surface area contributed by atoms with Gasteiger partial charge in [0.25, 0.3) is 5.91 Å². The third-order valence-electron chi connectivity index (χ3n) is 3.85. The molecule has 3 aromatic rings. The van der Waals surface area contributed by atoms with E-state index in [1.165, 1.54) is 12.1 Å². The molecule has 28 heavy (non-hydrogen) atoms. The maximum absolute atomic E-state index is 12.7. The minimum Gasteiger partial charge on any atom is -0.619 e. The second kappa shape index (κ2) is 8.59. The van der Waals surface area contributed by atoms with E-state index in [4.69, 9.17) is 4.74 Å². The zero-order valence-corrected chi connectivity index (χ0v) is 14.7. The Labute approximate surface area is 160 Å². The summed E-state index contributed by atoms with van der Waals surface area (Å²) >= 11 is 0. The third kappa shape index (κ3) is 4.59. The number of nitrogens with one attached hydrogen (secondary N) is 1. The van der Waals surface area contributed by atoms with Gasteiger partial charge in [0.05, 0.1) is 11.3 Å². The summed E-state index contributed by atoms with van der Waals surface area (Å²) in [6, 6.07) is 17.9. The van der Waals surface area contributed by atoms with Crippen molar-refractivity contribution in [2.24, 2.45) is 0 Å². The quantitative estimate of drug-likeness (QED) is 0.308. The summed E-state index contributed by atoms with van der Waals surface area (Å²) < 4.78 is 5.47. The van der Waals surface area contributed by atoms with Crippen LogP contribution >= 0.6 is 0 Å². The summed E-state index contributed by atoms with van der Waals surface area (Å²) in [5.41, 5.74) is 1.30. The van der Waals surface area contributed by atoms with Gasteiger partial charge >= 0.3 is 5.97 Å². The average molecular weight is 376 g/mol. The van der Waals surface area contributed by atoms with Gasteiger partial charge in [-0.3, -0.25) is 9.59 Å². The number of hydrogen-bond donors (Lipinski definition) is 1. The van der Waals surface area contributed by atoms with Crippen molar-refractivity contribution in [1.82, 2.24) is 0 Å². The van der Waals surface area contributed by atoms with Gasteiger partial charge in [0.15, 0.2) is 24.8 Å². The van der Waals surface area contributed by atoms with Gasteiger partial charge in [-0.1, -0.05) is 42.5 Å². The lowest BCUT2D eigenvalue weighted by molar-refractivity contribution is -0.605. The third-order valence-corrected chi connectivity index (χ3v) is 3.85. The molecule has 1 amide bonds. The van der Waals surface area contributed by atoms with E-state index in [1.54, 1.807) is 48.5 Å². The van der Waals surface area contributed by atoms with Crippen LogP contribution in [0.4, 0.5) is 5.69 Å². The standard InChI is InChI=1S/C21H16N2O5/c24-19(14-28-21(26)16-10-12-23(27)13-11-16)22-18-9-5-4-8-17(18)20(25)15-6-2-1-3-7-15/h1-13H,14H2,(H,22,24). The summed E-state index contributed by atoms with van der Waals surface area (Å²) in [4.78, 5) is 36.7. The Hall–Kier alpha value is -4.00. The molecule has 0 spiro atoms. The molecule has 0 unspecified atom stereocenters. The number of para-hydroxylation sites is 1. The lowest BCUT2D eigenvalue weighted by atomic mass is 10.0. The first-order valence-corrected chi connectivity index (χ1v) is 8.39. The summed E-state index contributed by atoms with van der Waals surface area (Å²) in [6.45, 7) is -0.529. The van der Waals surface area contributed by atoms with Crippen molar-refractivity contribution >= 4 is 23.3 Å². The first-order chi connectivity index (χ1) is 13.5. The molecule has 0 fully saturated rings. The minimum absolute atomic E-state index is 0.152. The average Bonchev–Trinajstić information content (AvgIpc) is 2.73. The Morgan fingerprint density at radius 3 is 2.21 bits per heavy atom. The normalized spacial score (nSPS) is 10.1. The van der Waals surface area contributed by atoms with Crippen molar-refractivity contribution < 1.29 is 23.9 Å². The highest BCUT2D eigenvalue weighted by Gasteiger charge is 2.16. The number of ketones is 1.